The third-order valence-electron chi connectivity index (χ3n) is 4.95. The summed E-state index contributed by atoms with van der Waals surface area (Å²) < 4.78 is 29.5. The molecule has 14 heteroatoms. The summed E-state index contributed by atoms with van der Waals surface area (Å²) >= 11 is 20.3. The summed E-state index contributed by atoms with van der Waals surface area (Å²) in [4.78, 5) is 18.2. The second-order valence-electron chi connectivity index (χ2n) is 7.22. The second-order valence-corrected chi connectivity index (χ2v) is 13.2. The predicted octanol–water partition coefficient (Wildman–Crippen LogP) is 6.70. The van der Waals surface area contributed by atoms with Crippen LogP contribution in [0.4, 0.5) is 0 Å². The predicted molar refractivity (Wildman–Crippen MR) is 152 cm³/mol. The van der Waals surface area contributed by atoms with Crippen molar-refractivity contribution in [1.82, 2.24) is 29.1 Å². The van der Waals surface area contributed by atoms with Crippen LogP contribution in [0.2, 0.25) is 10.3 Å². The number of imidazole rings is 2. The molecule has 4 aromatic heterocycles. The molecule has 0 atom stereocenters. The Morgan fingerprint density at radius 1 is 0.861 bits per heavy atom. The van der Waals surface area contributed by atoms with Crippen LogP contribution in [0.25, 0.3) is 23.0 Å². The quantitative estimate of drug-likeness (QED) is 0.164. The Bertz CT molecular complexity index is 1490. The Balaban J connectivity index is 0.000000202. The first-order chi connectivity index (χ1) is 17.0. The van der Waals surface area contributed by atoms with E-state index >= 15 is 0 Å². The Morgan fingerprint density at radius 2 is 1.36 bits per heavy atom. The van der Waals surface area contributed by atoms with Crippen LogP contribution >= 0.6 is 66.8 Å². The maximum absolute atomic E-state index is 12.1. The van der Waals surface area contributed by atoms with Gasteiger partial charge in [0.05, 0.1) is 23.0 Å². The van der Waals surface area contributed by atoms with Gasteiger partial charge in [0.15, 0.2) is 21.5 Å². The summed E-state index contributed by atoms with van der Waals surface area (Å²) in [5, 5.41) is 0.712. The third-order valence-corrected chi connectivity index (χ3v) is 9.53. The molecule has 0 saturated heterocycles. The van der Waals surface area contributed by atoms with Crippen LogP contribution in [0.15, 0.2) is 55.7 Å². The van der Waals surface area contributed by atoms with Crippen molar-refractivity contribution in [2.75, 3.05) is 11.5 Å². The average Bonchev–Trinajstić information content (AvgIpc) is 3.36. The monoisotopic (exact) mass is 694 g/mol. The molecule has 0 saturated carbocycles. The molecule has 4 rings (SSSR count). The van der Waals surface area contributed by atoms with E-state index in [4.69, 9.17) is 23.2 Å². The van der Waals surface area contributed by atoms with Crippen molar-refractivity contribution in [2.24, 2.45) is 14.1 Å². The highest BCUT2D eigenvalue weighted by Gasteiger charge is 2.22. The first-order valence-corrected chi connectivity index (χ1v) is 15.5. The van der Waals surface area contributed by atoms with Crippen LogP contribution in [0, 0.1) is 0 Å². The van der Waals surface area contributed by atoms with Gasteiger partial charge in [-0.25, -0.2) is 28.4 Å². The van der Waals surface area contributed by atoms with Gasteiger partial charge in [-0.2, -0.15) is 0 Å². The van der Waals surface area contributed by atoms with E-state index in [1.54, 1.807) is 48.8 Å². The van der Waals surface area contributed by atoms with Gasteiger partial charge in [-0.3, -0.25) is 0 Å². The number of pyridine rings is 2. The van der Waals surface area contributed by atoms with Gasteiger partial charge in [0.1, 0.15) is 30.9 Å². The lowest BCUT2D eigenvalue weighted by atomic mass is 10.3. The van der Waals surface area contributed by atoms with Crippen LogP contribution in [0.1, 0.15) is 13.8 Å². The lowest BCUT2D eigenvalue weighted by Crippen LogP contribution is -2.08. The van der Waals surface area contributed by atoms with E-state index in [0.717, 1.165) is 31.4 Å². The van der Waals surface area contributed by atoms with Gasteiger partial charge >= 0.3 is 0 Å². The standard InChI is InChI=1S/C11H11BrClN3O2S.C11H11BrClN3S/c1-3-19(17,18)7-4-5-9(13)15-10(7)11-14-6-8(12)16(11)2;1-3-17-7-4-5-9(13)15-10(7)11-14-6-8(12)16(11)2/h4-6H,3H2,1-2H3;4-6H,3H2,1-2H3. The highest BCUT2D eigenvalue weighted by atomic mass is 79.9. The first kappa shape index (κ1) is 29.1. The number of hydrogen-bond donors (Lipinski definition) is 0. The van der Waals surface area contributed by atoms with E-state index in [2.05, 4.69) is 58.7 Å². The number of halogens is 4. The van der Waals surface area contributed by atoms with E-state index in [9.17, 15) is 8.42 Å². The SMILES string of the molecule is CCS(=O)(=O)c1ccc(Cl)nc1-c1ncc(Br)n1C.CCSc1ccc(Cl)nc1-c1ncc(Br)n1C. The molecule has 192 valence electrons. The fraction of sp³-hybridized carbons (Fsp3) is 0.273. The van der Waals surface area contributed by atoms with Crippen molar-refractivity contribution in [1.29, 1.82) is 0 Å². The third kappa shape index (κ3) is 6.51. The molecule has 0 radical (unpaired) electrons. The lowest BCUT2D eigenvalue weighted by Gasteiger charge is -2.09. The Kier molecular flexibility index (Phi) is 10.0. The van der Waals surface area contributed by atoms with Crippen LogP contribution in [-0.2, 0) is 23.9 Å². The maximum atomic E-state index is 12.1. The Morgan fingerprint density at radius 3 is 1.83 bits per heavy atom. The van der Waals surface area contributed by atoms with Gasteiger partial charge in [0, 0.05) is 19.0 Å². The molecule has 0 aliphatic carbocycles. The average molecular weight is 697 g/mol. The fourth-order valence-corrected chi connectivity index (χ4v) is 5.66. The van der Waals surface area contributed by atoms with Gasteiger partial charge in [-0.05, 0) is 61.9 Å². The van der Waals surface area contributed by atoms with Crippen LogP contribution in [0.5, 0.6) is 0 Å². The Labute approximate surface area is 241 Å². The highest BCUT2D eigenvalue weighted by Crippen LogP contribution is 2.31. The summed E-state index contributed by atoms with van der Waals surface area (Å²) in [5.74, 6) is 2.24. The zero-order chi connectivity index (χ0) is 26.6. The van der Waals surface area contributed by atoms with Crippen molar-refractivity contribution < 1.29 is 8.42 Å². The van der Waals surface area contributed by atoms with Gasteiger partial charge < -0.3 is 9.13 Å². The number of aromatic nitrogens is 6. The maximum Gasteiger partial charge on any atom is 0.180 e. The smallest absolute Gasteiger partial charge is 0.180 e. The van der Waals surface area contributed by atoms with Crippen molar-refractivity contribution in [3.8, 4) is 23.0 Å². The molecular weight excluding hydrogens is 675 g/mol. The molecule has 0 spiro atoms. The molecule has 8 nitrogen and oxygen atoms in total. The largest absolute Gasteiger partial charge is 0.321 e. The number of nitrogens with zero attached hydrogens (tertiary/aromatic N) is 6. The summed E-state index contributed by atoms with van der Waals surface area (Å²) in [7, 11) is 0.310. The Hall–Kier alpha value is -1.44. The lowest BCUT2D eigenvalue weighted by molar-refractivity contribution is 0.597. The number of rotatable bonds is 6. The minimum Gasteiger partial charge on any atom is -0.321 e. The molecule has 0 unspecified atom stereocenters. The van der Waals surface area contributed by atoms with Crippen LogP contribution in [0.3, 0.4) is 0 Å². The number of sulfone groups is 1. The molecule has 0 aliphatic heterocycles. The minimum atomic E-state index is -3.39. The zero-order valence-electron chi connectivity index (χ0n) is 19.7. The van der Waals surface area contributed by atoms with Gasteiger partial charge in [0.25, 0.3) is 0 Å². The number of thioether (sulfide) groups is 1. The molecule has 4 heterocycles. The van der Waals surface area contributed by atoms with Crippen molar-refractivity contribution in [2.45, 2.75) is 23.6 Å². The van der Waals surface area contributed by atoms with Crippen molar-refractivity contribution in [3.63, 3.8) is 0 Å². The van der Waals surface area contributed by atoms with E-state index in [-0.39, 0.29) is 21.5 Å². The second kappa shape index (κ2) is 12.4. The molecule has 4 aromatic rings. The van der Waals surface area contributed by atoms with Gasteiger partial charge in [-0.15, -0.1) is 11.8 Å². The molecule has 0 N–H and O–H groups in total. The summed E-state index contributed by atoms with van der Waals surface area (Å²) in [6.07, 6.45) is 3.35. The van der Waals surface area contributed by atoms with Crippen molar-refractivity contribution >= 4 is 76.7 Å². The summed E-state index contributed by atoms with van der Waals surface area (Å²) in [6, 6.07) is 6.72. The van der Waals surface area contributed by atoms with E-state index in [1.807, 2.05) is 17.7 Å². The molecule has 0 amide bonds. The van der Waals surface area contributed by atoms with Crippen molar-refractivity contribution in [3.05, 3.63) is 56.2 Å². The minimum absolute atomic E-state index is 0.00505. The summed E-state index contributed by atoms with van der Waals surface area (Å²) in [5.41, 5.74) is 1.10. The molecule has 0 bridgehead atoms. The van der Waals surface area contributed by atoms with Crippen LogP contribution in [-0.4, -0.2) is 49.0 Å². The van der Waals surface area contributed by atoms with E-state index < -0.39 is 9.84 Å². The fourth-order valence-electron chi connectivity index (χ4n) is 3.06. The molecular formula is C22H22Br2Cl2N6O2S2. The molecule has 36 heavy (non-hydrogen) atoms. The van der Waals surface area contributed by atoms with Gasteiger partial charge in [-0.1, -0.05) is 37.0 Å². The van der Waals surface area contributed by atoms with Crippen LogP contribution < -0.4 is 0 Å². The molecule has 0 aliphatic rings. The normalized spacial score (nSPS) is 11.3. The highest BCUT2D eigenvalue weighted by molar-refractivity contribution is 9.10. The molecule has 0 fully saturated rings. The molecule has 0 aromatic carbocycles. The zero-order valence-corrected chi connectivity index (χ0v) is 26.0. The topological polar surface area (TPSA) is 95.6 Å². The van der Waals surface area contributed by atoms with E-state index in [0.29, 0.717) is 11.0 Å². The number of hydrogen-bond acceptors (Lipinski definition) is 7. The first-order valence-electron chi connectivity index (χ1n) is 10.5. The van der Waals surface area contributed by atoms with Gasteiger partial charge in [0.2, 0.25) is 0 Å². The van der Waals surface area contributed by atoms with E-state index in [1.165, 1.54) is 12.1 Å². The summed E-state index contributed by atoms with van der Waals surface area (Å²) in [6.45, 7) is 3.69.